The van der Waals surface area contributed by atoms with Gasteiger partial charge in [0, 0.05) is 35.9 Å². The van der Waals surface area contributed by atoms with E-state index in [4.69, 9.17) is 15.5 Å². The predicted octanol–water partition coefficient (Wildman–Crippen LogP) is 6.42. The van der Waals surface area contributed by atoms with Crippen molar-refractivity contribution in [3.8, 4) is 5.69 Å². The van der Waals surface area contributed by atoms with Gasteiger partial charge < -0.3 is 15.4 Å². The highest BCUT2D eigenvalue weighted by atomic mass is 16.5. The van der Waals surface area contributed by atoms with Gasteiger partial charge in [0.15, 0.2) is 0 Å². The highest BCUT2D eigenvalue weighted by molar-refractivity contribution is 5.72. The minimum atomic E-state index is -0.146. The van der Waals surface area contributed by atoms with Crippen molar-refractivity contribution in [2.24, 2.45) is 5.73 Å². The van der Waals surface area contributed by atoms with Crippen LogP contribution in [-0.2, 0) is 10.3 Å². The van der Waals surface area contributed by atoms with Gasteiger partial charge in [-0.05, 0) is 86.1 Å². The fourth-order valence-electron chi connectivity index (χ4n) is 6.41. The summed E-state index contributed by atoms with van der Waals surface area (Å²) in [6.45, 7) is 14.2. The van der Waals surface area contributed by atoms with Crippen molar-refractivity contribution in [3.63, 3.8) is 0 Å². The first-order chi connectivity index (χ1) is 20.0. The van der Waals surface area contributed by atoms with E-state index < -0.39 is 0 Å². The van der Waals surface area contributed by atoms with Crippen molar-refractivity contribution < 1.29 is 4.74 Å². The van der Waals surface area contributed by atoms with E-state index in [1.54, 1.807) is 0 Å². The second-order valence-corrected chi connectivity index (χ2v) is 11.7. The lowest BCUT2D eigenvalue weighted by Crippen LogP contribution is -2.43. The second-order valence-electron chi connectivity index (χ2n) is 11.7. The van der Waals surface area contributed by atoms with Gasteiger partial charge in [-0.1, -0.05) is 70.0 Å². The average molecular weight is 553 g/mol. The number of rotatable bonds is 6. The normalized spacial score (nSPS) is 19.9. The van der Waals surface area contributed by atoms with Crippen LogP contribution in [0.3, 0.4) is 0 Å². The molecule has 2 aromatic carbocycles. The molecule has 41 heavy (non-hydrogen) atoms. The maximum Gasteiger partial charge on any atom is 0.117 e. The average Bonchev–Trinajstić information content (AvgIpc) is 3.36. The van der Waals surface area contributed by atoms with E-state index in [2.05, 4.69) is 83.7 Å². The van der Waals surface area contributed by atoms with Gasteiger partial charge in [-0.2, -0.15) is 0 Å². The van der Waals surface area contributed by atoms with Crippen molar-refractivity contribution in [2.45, 2.75) is 83.6 Å². The van der Waals surface area contributed by atoms with E-state index in [9.17, 15) is 0 Å². The molecule has 5 heteroatoms. The molecule has 2 saturated carbocycles. The lowest BCUT2D eigenvalue weighted by molar-refractivity contribution is 0.122. The third-order valence-corrected chi connectivity index (χ3v) is 9.12. The molecular weight excluding hydrogens is 504 g/mol. The van der Waals surface area contributed by atoms with Gasteiger partial charge >= 0.3 is 0 Å². The maximum atomic E-state index is 6.61. The number of hydrogen-bond donors (Lipinski definition) is 1. The van der Waals surface area contributed by atoms with Gasteiger partial charge in [-0.15, -0.1) is 0 Å². The van der Waals surface area contributed by atoms with Crippen LogP contribution in [-0.4, -0.2) is 35.9 Å². The van der Waals surface area contributed by atoms with Gasteiger partial charge in [0.2, 0.25) is 0 Å². The molecule has 0 radical (unpaired) electrons. The van der Waals surface area contributed by atoms with Crippen LogP contribution in [0.5, 0.6) is 0 Å². The van der Waals surface area contributed by atoms with Crippen LogP contribution in [0.4, 0.5) is 5.69 Å². The minimum Gasteiger partial charge on any atom is -0.378 e. The van der Waals surface area contributed by atoms with Gasteiger partial charge in [0.25, 0.3) is 0 Å². The Morgan fingerprint density at radius 1 is 0.976 bits per heavy atom. The molecule has 1 aromatic heterocycles. The van der Waals surface area contributed by atoms with Crippen molar-refractivity contribution in [2.75, 3.05) is 31.2 Å². The summed E-state index contributed by atoms with van der Waals surface area (Å²) in [4.78, 5) is 7.62. The summed E-state index contributed by atoms with van der Waals surface area (Å²) in [6, 6.07) is 17.7. The number of nitrogens with two attached hydrogens (primary N) is 1. The summed E-state index contributed by atoms with van der Waals surface area (Å²) in [6.07, 6.45) is 14.0. The summed E-state index contributed by atoms with van der Waals surface area (Å²) in [5.41, 5.74) is 12.6. The molecule has 2 heterocycles. The maximum absolute atomic E-state index is 6.61. The zero-order valence-electron chi connectivity index (χ0n) is 25.4. The molecule has 3 aromatic rings. The first kappa shape index (κ1) is 29.3. The first-order valence-electron chi connectivity index (χ1n) is 15.8. The molecule has 5 nitrogen and oxygen atoms in total. The zero-order chi connectivity index (χ0) is 28.8. The smallest absolute Gasteiger partial charge is 0.117 e. The van der Waals surface area contributed by atoms with Crippen molar-refractivity contribution >= 4 is 23.9 Å². The van der Waals surface area contributed by atoms with Crippen LogP contribution >= 0.6 is 0 Å². The first-order valence-corrected chi connectivity index (χ1v) is 15.8. The number of hydrogen-bond acceptors (Lipinski definition) is 4. The quantitative estimate of drug-likeness (QED) is 0.384. The van der Waals surface area contributed by atoms with E-state index in [1.165, 1.54) is 60.9 Å². The molecule has 218 valence electrons. The molecule has 2 aliphatic carbocycles. The Balaban J connectivity index is 0.00000165. The molecule has 1 saturated heterocycles. The lowest BCUT2D eigenvalue weighted by atomic mass is 9.73. The van der Waals surface area contributed by atoms with E-state index in [-0.39, 0.29) is 5.54 Å². The van der Waals surface area contributed by atoms with Gasteiger partial charge in [-0.3, -0.25) is 4.57 Å². The standard InChI is InChI=1S/C34H42N4O.C2H6/c1-25(28-10-6-11-31(24-28)37-20-22-39-23-21-37)12-17-32-26(2)38(33(36-32)27-8-4-3-5-9-27)30-15-13-29(14-16-30)34(35)18-7-19-34;1-2/h6,10-17,24,27H,2-5,7-9,18-23,35H2,1H3;1-2H3/b25-12+,32-17+;. The fraction of sp³-hybridized carbons (Fsp3) is 0.472. The number of ether oxygens (including phenoxy) is 1. The molecule has 0 unspecified atom stereocenters. The van der Waals surface area contributed by atoms with Crippen LogP contribution in [0.15, 0.2) is 54.6 Å². The van der Waals surface area contributed by atoms with Crippen LogP contribution < -0.4 is 21.3 Å². The third kappa shape index (κ3) is 6.37. The molecule has 6 rings (SSSR count). The van der Waals surface area contributed by atoms with Gasteiger partial charge in [0.05, 0.1) is 23.9 Å². The number of nitrogens with zero attached hydrogens (tertiary/aromatic N) is 3. The zero-order valence-corrected chi connectivity index (χ0v) is 25.4. The van der Waals surface area contributed by atoms with Gasteiger partial charge in [0.1, 0.15) is 5.82 Å². The summed E-state index contributed by atoms with van der Waals surface area (Å²) in [5, 5.41) is 1.91. The number of allylic oxidation sites excluding steroid dienone is 2. The summed E-state index contributed by atoms with van der Waals surface area (Å²) in [7, 11) is 0. The highest BCUT2D eigenvalue weighted by Crippen LogP contribution is 2.39. The molecule has 3 fully saturated rings. The van der Waals surface area contributed by atoms with E-state index in [0.29, 0.717) is 5.92 Å². The van der Waals surface area contributed by atoms with Crippen LogP contribution in [0.1, 0.15) is 95.0 Å². The second kappa shape index (κ2) is 13.2. The molecule has 3 aliphatic rings. The van der Waals surface area contributed by atoms with E-state index in [1.807, 2.05) is 13.8 Å². The fourth-order valence-corrected chi connectivity index (χ4v) is 6.41. The molecule has 1 aliphatic heterocycles. The number of aromatic nitrogens is 2. The SMILES string of the molecule is C=c1/c(=C\C=C(/C)c2cccc(N3CCOCC3)c2)nc(C2CCCCC2)n1-c1ccc(C2(N)CCC2)cc1.CC. The molecule has 0 bridgehead atoms. The number of morpholine rings is 1. The van der Waals surface area contributed by atoms with Gasteiger partial charge in [-0.25, -0.2) is 4.98 Å². The molecule has 2 N–H and O–H groups in total. The van der Waals surface area contributed by atoms with Crippen molar-refractivity contribution in [1.82, 2.24) is 9.55 Å². The lowest BCUT2D eigenvalue weighted by Gasteiger charge is -2.38. The Kier molecular flexibility index (Phi) is 9.46. The Morgan fingerprint density at radius 3 is 2.34 bits per heavy atom. The number of benzene rings is 2. The summed E-state index contributed by atoms with van der Waals surface area (Å²) < 4.78 is 7.84. The Morgan fingerprint density at radius 2 is 1.68 bits per heavy atom. The Bertz CT molecular complexity index is 1440. The highest BCUT2D eigenvalue weighted by Gasteiger charge is 2.34. The van der Waals surface area contributed by atoms with Crippen LogP contribution in [0.2, 0.25) is 0 Å². The van der Waals surface area contributed by atoms with E-state index >= 15 is 0 Å². The van der Waals surface area contributed by atoms with Crippen LogP contribution in [0, 0.1) is 0 Å². The molecule has 0 amide bonds. The Hall–Kier alpha value is -3.15. The monoisotopic (exact) mass is 552 g/mol. The van der Waals surface area contributed by atoms with Crippen LogP contribution in [0.25, 0.3) is 23.9 Å². The topological polar surface area (TPSA) is 56.3 Å². The number of imidazole rings is 1. The van der Waals surface area contributed by atoms with E-state index in [0.717, 1.165) is 61.4 Å². The largest absolute Gasteiger partial charge is 0.378 e. The Labute approximate surface area is 246 Å². The summed E-state index contributed by atoms with van der Waals surface area (Å²) in [5.74, 6) is 1.63. The van der Waals surface area contributed by atoms with Crippen molar-refractivity contribution in [1.29, 1.82) is 0 Å². The van der Waals surface area contributed by atoms with Crippen molar-refractivity contribution in [3.05, 3.63) is 82.3 Å². The molecule has 0 spiro atoms. The number of anilines is 1. The predicted molar refractivity (Wildman–Crippen MR) is 173 cm³/mol. The minimum absolute atomic E-state index is 0.146. The molecule has 0 atom stereocenters. The third-order valence-electron chi connectivity index (χ3n) is 9.12. The molecular formula is C36H48N4O. The summed E-state index contributed by atoms with van der Waals surface area (Å²) >= 11 is 0.